The number of rotatable bonds is 3. The van der Waals surface area contributed by atoms with Crippen LogP contribution in [0.1, 0.15) is 32.2 Å². The van der Waals surface area contributed by atoms with Crippen molar-refractivity contribution in [1.29, 1.82) is 0 Å². The lowest BCUT2D eigenvalue weighted by Gasteiger charge is -2.35. The fourth-order valence-corrected chi connectivity index (χ4v) is 4.61. The summed E-state index contributed by atoms with van der Waals surface area (Å²) in [5.74, 6) is -13.0. The van der Waals surface area contributed by atoms with E-state index in [9.17, 15) is 32.3 Å². The van der Waals surface area contributed by atoms with Gasteiger partial charge in [0.15, 0.2) is 29.0 Å². The molecule has 2 amide bonds. The van der Waals surface area contributed by atoms with Crippen molar-refractivity contribution in [2.45, 2.75) is 5.92 Å². The smallest absolute Gasteiger partial charge is 0.236 e. The third-order valence-corrected chi connectivity index (χ3v) is 6.14. The second kappa shape index (κ2) is 7.95. The fourth-order valence-electron chi connectivity index (χ4n) is 4.61. The van der Waals surface area contributed by atoms with Crippen LogP contribution in [0.3, 0.4) is 0 Å². The molecule has 2 aliphatic heterocycles. The van der Waals surface area contributed by atoms with Crippen molar-refractivity contribution < 1.29 is 32.3 Å². The zero-order valence-electron chi connectivity index (χ0n) is 17.3. The third-order valence-electron chi connectivity index (χ3n) is 6.14. The number of hydrogen-bond donors (Lipinski definition) is 2. The van der Waals surface area contributed by atoms with E-state index in [0.29, 0.717) is 12.1 Å². The average Bonchev–Trinajstić information content (AvgIpc) is 2.81. The predicted octanol–water partition coefficient (Wildman–Crippen LogP) is 4.09. The van der Waals surface area contributed by atoms with E-state index in [0.717, 1.165) is 0 Å². The minimum absolute atomic E-state index is 0.115. The van der Waals surface area contributed by atoms with E-state index >= 15 is 0 Å². The van der Waals surface area contributed by atoms with Crippen molar-refractivity contribution in [3.05, 3.63) is 94.8 Å². The zero-order valence-corrected chi connectivity index (χ0v) is 17.3. The summed E-state index contributed by atoms with van der Waals surface area (Å²) in [6.45, 7) is 0. The van der Waals surface area contributed by atoms with E-state index in [1.807, 2.05) is 0 Å². The highest BCUT2D eigenvalue weighted by atomic mass is 19.2. The molecule has 0 aromatic heterocycles. The minimum Gasteiger partial charge on any atom is -0.325 e. The van der Waals surface area contributed by atoms with Gasteiger partial charge in [0, 0.05) is 17.0 Å². The van der Waals surface area contributed by atoms with Crippen LogP contribution in [0.15, 0.2) is 60.7 Å². The lowest BCUT2D eigenvalue weighted by molar-refractivity contribution is -0.122. The lowest BCUT2D eigenvalue weighted by Crippen LogP contribution is -2.47. The highest BCUT2D eigenvalue weighted by molar-refractivity contribution is 6.25. The quantitative estimate of drug-likeness (QED) is 0.451. The van der Waals surface area contributed by atoms with Gasteiger partial charge in [-0.15, -0.1) is 0 Å². The van der Waals surface area contributed by atoms with Gasteiger partial charge in [0.25, 0.3) is 0 Å². The summed E-state index contributed by atoms with van der Waals surface area (Å²) >= 11 is 0. The number of fused-ring (bicyclic) bond motifs is 2. The molecule has 0 fully saturated rings. The standard InChI is InChI=1S/C25H15F3N2O4/c26-14-9-11(10-15(27)21(14)28)18(19-22(31)12-5-1-3-7-16(12)29-24(19)33)20-23(32)13-6-2-4-8-17(13)30-25(20)34/h1-10,18-20H,(H,29,33)(H,30,34). The first-order valence-corrected chi connectivity index (χ1v) is 10.3. The summed E-state index contributed by atoms with van der Waals surface area (Å²) < 4.78 is 42.1. The van der Waals surface area contributed by atoms with Gasteiger partial charge in [0.1, 0.15) is 11.8 Å². The van der Waals surface area contributed by atoms with Crippen molar-refractivity contribution in [1.82, 2.24) is 0 Å². The molecule has 9 heteroatoms. The fraction of sp³-hybridized carbons (Fsp3) is 0.120. The molecule has 0 spiro atoms. The Morgan fingerprint density at radius 2 is 1.06 bits per heavy atom. The number of Topliss-reactive ketones (excluding diaryl/α,β-unsaturated/α-hetero) is 2. The molecular formula is C25H15F3N2O4. The Labute approximate surface area is 190 Å². The van der Waals surface area contributed by atoms with E-state index in [1.54, 1.807) is 24.3 Å². The van der Waals surface area contributed by atoms with E-state index < -0.39 is 58.6 Å². The van der Waals surface area contributed by atoms with Crippen LogP contribution >= 0.6 is 0 Å². The first-order valence-electron chi connectivity index (χ1n) is 10.3. The highest BCUT2D eigenvalue weighted by Gasteiger charge is 2.50. The zero-order chi connectivity index (χ0) is 24.1. The molecule has 2 unspecified atom stereocenters. The molecule has 0 saturated carbocycles. The molecule has 5 rings (SSSR count). The van der Waals surface area contributed by atoms with Crippen LogP contribution in [-0.2, 0) is 9.59 Å². The van der Waals surface area contributed by atoms with Crippen molar-refractivity contribution in [2.24, 2.45) is 11.8 Å². The monoisotopic (exact) mass is 464 g/mol. The summed E-state index contributed by atoms with van der Waals surface area (Å²) in [6, 6.07) is 13.4. The number of halogens is 3. The van der Waals surface area contributed by atoms with Crippen molar-refractivity contribution in [3.63, 3.8) is 0 Å². The van der Waals surface area contributed by atoms with Gasteiger partial charge in [-0.2, -0.15) is 0 Å². The molecule has 0 saturated heterocycles. The predicted molar refractivity (Wildman–Crippen MR) is 115 cm³/mol. The number of para-hydroxylation sites is 2. The van der Waals surface area contributed by atoms with E-state index in [1.165, 1.54) is 24.3 Å². The Kier molecular flexibility index (Phi) is 5.04. The summed E-state index contributed by atoms with van der Waals surface area (Å²) in [4.78, 5) is 53.0. The van der Waals surface area contributed by atoms with Crippen molar-refractivity contribution >= 4 is 34.8 Å². The highest BCUT2D eigenvalue weighted by Crippen LogP contribution is 2.43. The van der Waals surface area contributed by atoms with Gasteiger partial charge >= 0.3 is 0 Å². The Balaban J connectivity index is 1.71. The number of nitrogens with one attached hydrogen (secondary N) is 2. The van der Waals surface area contributed by atoms with Gasteiger partial charge in [-0.05, 0) is 42.0 Å². The maximum absolute atomic E-state index is 14.2. The summed E-state index contributed by atoms with van der Waals surface area (Å²) in [5, 5.41) is 5.11. The van der Waals surface area contributed by atoms with Crippen LogP contribution < -0.4 is 10.6 Å². The van der Waals surface area contributed by atoms with Gasteiger partial charge < -0.3 is 10.6 Å². The van der Waals surface area contributed by atoms with Crippen molar-refractivity contribution in [3.8, 4) is 0 Å². The van der Waals surface area contributed by atoms with Gasteiger partial charge in [0.05, 0.1) is 11.4 Å². The summed E-state index contributed by atoms with van der Waals surface area (Å²) in [6.07, 6.45) is 0. The molecule has 0 bridgehead atoms. The maximum Gasteiger partial charge on any atom is 0.236 e. The number of carbonyl (C=O) groups is 4. The van der Waals surface area contributed by atoms with Gasteiger partial charge in [-0.1, -0.05) is 24.3 Å². The van der Waals surface area contributed by atoms with E-state index in [4.69, 9.17) is 0 Å². The summed E-state index contributed by atoms with van der Waals surface area (Å²) in [7, 11) is 0. The Bertz CT molecular complexity index is 1300. The lowest BCUT2D eigenvalue weighted by atomic mass is 9.68. The number of carbonyl (C=O) groups excluding carboxylic acids is 4. The molecule has 34 heavy (non-hydrogen) atoms. The van der Waals surface area contributed by atoms with Crippen LogP contribution in [0.2, 0.25) is 0 Å². The first kappa shape index (κ1) is 21.6. The molecule has 3 aromatic rings. The first-order chi connectivity index (χ1) is 16.3. The number of amides is 2. The second-order valence-corrected chi connectivity index (χ2v) is 8.08. The molecule has 170 valence electrons. The maximum atomic E-state index is 14.2. The summed E-state index contributed by atoms with van der Waals surface area (Å²) in [5.41, 5.74) is 0.327. The Hall–Kier alpha value is -4.27. The van der Waals surface area contributed by atoms with E-state index in [-0.39, 0.29) is 28.1 Å². The Morgan fingerprint density at radius 3 is 1.50 bits per heavy atom. The van der Waals surface area contributed by atoms with Crippen LogP contribution in [0.4, 0.5) is 24.5 Å². The largest absolute Gasteiger partial charge is 0.325 e. The average molecular weight is 464 g/mol. The topological polar surface area (TPSA) is 92.3 Å². The number of hydrogen-bond acceptors (Lipinski definition) is 4. The van der Waals surface area contributed by atoms with Crippen LogP contribution in [0, 0.1) is 29.3 Å². The molecule has 6 nitrogen and oxygen atoms in total. The van der Waals surface area contributed by atoms with Crippen molar-refractivity contribution in [2.75, 3.05) is 10.6 Å². The van der Waals surface area contributed by atoms with Crippen LogP contribution in [0.5, 0.6) is 0 Å². The molecule has 2 atom stereocenters. The Morgan fingerprint density at radius 1 is 0.647 bits per heavy atom. The molecule has 2 heterocycles. The molecule has 0 aliphatic carbocycles. The van der Waals surface area contributed by atoms with Crippen LogP contribution in [0.25, 0.3) is 0 Å². The van der Waals surface area contributed by atoms with E-state index in [2.05, 4.69) is 10.6 Å². The third kappa shape index (κ3) is 3.28. The molecule has 3 aromatic carbocycles. The molecule has 2 N–H and O–H groups in total. The van der Waals surface area contributed by atoms with Crippen LogP contribution in [-0.4, -0.2) is 23.4 Å². The van der Waals surface area contributed by atoms with Gasteiger partial charge in [-0.3, -0.25) is 19.2 Å². The van der Waals surface area contributed by atoms with Gasteiger partial charge in [0.2, 0.25) is 11.8 Å². The number of benzene rings is 3. The molecular weight excluding hydrogens is 449 g/mol. The molecule has 2 aliphatic rings. The number of anilines is 2. The normalized spacial score (nSPS) is 20.2. The minimum atomic E-state index is -1.75. The number of ketones is 2. The second-order valence-electron chi connectivity index (χ2n) is 8.08. The SMILES string of the molecule is O=C1Nc2ccccc2C(=O)C1C(c1cc(F)c(F)c(F)c1)C1C(=O)Nc2ccccc2C1=O. The van der Waals surface area contributed by atoms with Gasteiger partial charge in [-0.25, -0.2) is 13.2 Å². The molecule has 0 radical (unpaired) electrons.